The summed E-state index contributed by atoms with van der Waals surface area (Å²) in [6.45, 7) is 3.33. The minimum Gasteiger partial charge on any atom is -0.497 e. The maximum atomic E-state index is 13.5. The molecular weight excluding hydrogens is 648 g/mol. The number of anilines is 1. The highest BCUT2D eigenvalue weighted by Gasteiger charge is 2.47. The molecule has 3 amide bonds. The van der Waals surface area contributed by atoms with Gasteiger partial charge < -0.3 is 35.4 Å². The lowest BCUT2D eigenvalue weighted by Gasteiger charge is -2.32. The molecule has 1 saturated carbocycles. The lowest BCUT2D eigenvalue weighted by Crippen LogP contribution is -2.49. The van der Waals surface area contributed by atoms with E-state index < -0.39 is 35.9 Å². The number of benzene rings is 3. The van der Waals surface area contributed by atoms with E-state index in [9.17, 15) is 29.4 Å². The zero-order chi connectivity index (χ0) is 36.5. The summed E-state index contributed by atoms with van der Waals surface area (Å²) in [6, 6.07) is 23.3. The van der Waals surface area contributed by atoms with Crippen LogP contribution in [0.25, 0.3) is 0 Å². The average Bonchev–Trinajstić information content (AvgIpc) is 3.71. The van der Waals surface area contributed by atoms with E-state index in [1.165, 1.54) is 13.8 Å². The standard InChI is InChI=1S/C40H50N4O7/c1-27(45)41-24-23-40(21-7-8-22-40)39(50)42-34(38(48)49)25-30-11-16-32(17-12-30)44-36(20-15-29-9-5-4-6-10-29)43(28(2)46)35(37(44)47)26-31-13-18-33(51-3)19-14-31/h4-6,9-14,16-19,34-37,47H,7-8,15,20-26H2,1-3H3,(H,41,45)(H,42,50)(H,48,49)/t34?,35-,36+,37-/m1/s1. The highest BCUT2D eigenvalue weighted by atomic mass is 16.5. The first-order valence-corrected chi connectivity index (χ1v) is 17.8. The molecule has 0 bridgehead atoms. The van der Waals surface area contributed by atoms with E-state index in [4.69, 9.17) is 4.74 Å². The molecule has 1 saturated heterocycles. The van der Waals surface area contributed by atoms with Crippen LogP contribution in [-0.2, 0) is 38.4 Å². The third-order valence-corrected chi connectivity index (χ3v) is 10.4. The van der Waals surface area contributed by atoms with E-state index in [0.29, 0.717) is 56.3 Å². The van der Waals surface area contributed by atoms with Crippen molar-refractivity contribution in [3.05, 3.63) is 95.6 Å². The molecule has 4 N–H and O–H groups in total. The second-order valence-corrected chi connectivity index (χ2v) is 13.8. The number of ether oxygens (including phenoxy) is 1. The SMILES string of the molecule is COc1ccc(C[C@@H]2[C@@H](O)N(c3ccc(CC(NC(=O)C4(CCNC(C)=O)CCCC4)C(=O)O)cc3)[C@@H](CCc3ccccc3)N2C(C)=O)cc1. The van der Waals surface area contributed by atoms with Gasteiger partial charge in [0.1, 0.15) is 24.2 Å². The smallest absolute Gasteiger partial charge is 0.326 e. The number of hydrogen-bond donors (Lipinski definition) is 4. The van der Waals surface area contributed by atoms with E-state index in [-0.39, 0.29) is 24.1 Å². The Bertz CT molecular complexity index is 1640. The molecular formula is C40H50N4O7. The average molecular weight is 699 g/mol. The fraction of sp³-hybridized carbons (Fsp3) is 0.450. The Morgan fingerprint density at radius 1 is 0.902 bits per heavy atom. The Morgan fingerprint density at radius 2 is 1.55 bits per heavy atom. The molecule has 11 heteroatoms. The molecule has 5 rings (SSSR count). The first-order valence-electron chi connectivity index (χ1n) is 17.8. The van der Waals surface area contributed by atoms with Crippen LogP contribution in [0.4, 0.5) is 5.69 Å². The van der Waals surface area contributed by atoms with Gasteiger partial charge in [-0.2, -0.15) is 0 Å². The van der Waals surface area contributed by atoms with Gasteiger partial charge in [-0.1, -0.05) is 67.4 Å². The number of aliphatic hydroxyl groups is 1. The van der Waals surface area contributed by atoms with Crippen molar-refractivity contribution in [3.63, 3.8) is 0 Å². The molecule has 11 nitrogen and oxygen atoms in total. The second-order valence-electron chi connectivity index (χ2n) is 13.8. The summed E-state index contributed by atoms with van der Waals surface area (Å²) < 4.78 is 5.31. The van der Waals surface area contributed by atoms with Gasteiger partial charge in [0, 0.05) is 32.5 Å². The first-order chi connectivity index (χ1) is 24.5. The molecule has 3 aromatic carbocycles. The Kier molecular flexibility index (Phi) is 12.4. The molecule has 2 aliphatic rings. The van der Waals surface area contributed by atoms with Crippen LogP contribution in [0.5, 0.6) is 5.75 Å². The Balaban J connectivity index is 1.36. The molecule has 1 aliphatic heterocycles. The molecule has 272 valence electrons. The Morgan fingerprint density at radius 3 is 2.14 bits per heavy atom. The van der Waals surface area contributed by atoms with Crippen molar-refractivity contribution in [2.75, 3.05) is 18.6 Å². The number of nitrogens with zero attached hydrogens (tertiary/aromatic N) is 2. The number of carbonyl (C=O) groups excluding carboxylic acids is 3. The lowest BCUT2D eigenvalue weighted by atomic mass is 9.81. The van der Waals surface area contributed by atoms with Crippen LogP contribution < -0.4 is 20.3 Å². The van der Waals surface area contributed by atoms with Crippen molar-refractivity contribution in [3.8, 4) is 5.75 Å². The van der Waals surface area contributed by atoms with Crippen LogP contribution >= 0.6 is 0 Å². The number of methoxy groups -OCH3 is 1. The topological polar surface area (TPSA) is 149 Å². The highest BCUT2D eigenvalue weighted by Crippen LogP contribution is 2.41. The van der Waals surface area contributed by atoms with E-state index >= 15 is 0 Å². The second kappa shape index (κ2) is 16.9. The maximum Gasteiger partial charge on any atom is 0.326 e. The Labute approximate surface area is 300 Å². The molecule has 0 aromatic heterocycles. The monoisotopic (exact) mass is 698 g/mol. The Hall–Kier alpha value is -4.90. The number of rotatable bonds is 15. The van der Waals surface area contributed by atoms with Gasteiger partial charge in [0.2, 0.25) is 17.7 Å². The number of nitrogens with one attached hydrogen (secondary N) is 2. The van der Waals surface area contributed by atoms with E-state index in [0.717, 1.165) is 29.7 Å². The summed E-state index contributed by atoms with van der Waals surface area (Å²) in [5, 5.41) is 27.6. The van der Waals surface area contributed by atoms with Gasteiger partial charge in [0.15, 0.2) is 0 Å². The minimum atomic E-state index is -1.14. The van der Waals surface area contributed by atoms with Gasteiger partial charge in [-0.3, -0.25) is 14.4 Å². The summed E-state index contributed by atoms with van der Waals surface area (Å²) in [5.41, 5.74) is 2.79. The summed E-state index contributed by atoms with van der Waals surface area (Å²) in [6.07, 6.45) is 3.87. The van der Waals surface area contributed by atoms with Crippen LogP contribution in [0, 0.1) is 5.41 Å². The summed E-state index contributed by atoms with van der Waals surface area (Å²) in [4.78, 5) is 54.3. The maximum absolute atomic E-state index is 13.5. The third kappa shape index (κ3) is 9.07. The summed E-state index contributed by atoms with van der Waals surface area (Å²) >= 11 is 0. The summed E-state index contributed by atoms with van der Waals surface area (Å²) in [7, 11) is 1.61. The zero-order valence-electron chi connectivity index (χ0n) is 29.7. The number of aliphatic carboxylic acids is 1. The van der Waals surface area contributed by atoms with Crippen molar-refractivity contribution < 1.29 is 34.1 Å². The van der Waals surface area contributed by atoms with Crippen LogP contribution in [0.15, 0.2) is 78.9 Å². The molecule has 2 fully saturated rings. The normalized spacial score (nSPS) is 20.1. The molecule has 3 aromatic rings. The molecule has 1 aliphatic carbocycles. The van der Waals surface area contributed by atoms with Crippen LogP contribution in [0.2, 0.25) is 0 Å². The number of carboxylic acids is 1. The third-order valence-electron chi connectivity index (χ3n) is 10.4. The van der Waals surface area contributed by atoms with Crippen molar-refractivity contribution in [2.45, 2.75) is 96.1 Å². The van der Waals surface area contributed by atoms with Gasteiger partial charge in [-0.25, -0.2) is 4.79 Å². The molecule has 51 heavy (non-hydrogen) atoms. The van der Waals surface area contributed by atoms with Gasteiger partial charge in [-0.05, 0) is 79.5 Å². The predicted octanol–water partition coefficient (Wildman–Crippen LogP) is 4.45. The van der Waals surface area contributed by atoms with Crippen LogP contribution in [0.3, 0.4) is 0 Å². The fourth-order valence-corrected chi connectivity index (χ4v) is 7.73. The highest BCUT2D eigenvalue weighted by molar-refractivity contribution is 5.88. The summed E-state index contributed by atoms with van der Waals surface area (Å²) in [5.74, 6) is -0.996. The number of carbonyl (C=O) groups is 4. The van der Waals surface area contributed by atoms with E-state index in [2.05, 4.69) is 10.6 Å². The molecule has 0 spiro atoms. The molecule has 0 radical (unpaired) electrons. The van der Waals surface area contributed by atoms with Crippen molar-refractivity contribution in [1.29, 1.82) is 0 Å². The fourth-order valence-electron chi connectivity index (χ4n) is 7.73. The molecule has 1 unspecified atom stereocenters. The number of hydrogen-bond acceptors (Lipinski definition) is 7. The molecule has 4 atom stereocenters. The van der Waals surface area contributed by atoms with Crippen molar-refractivity contribution in [2.24, 2.45) is 5.41 Å². The van der Waals surface area contributed by atoms with Gasteiger partial charge in [-0.15, -0.1) is 0 Å². The minimum absolute atomic E-state index is 0.0722. The number of aryl methyl sites for hydroxylation is 1. The largest absolute Gasteiger partial charge is 0.497 e. The number of aliphatic hydroxyl groups excluding tert-OH is 1. The number of carboxylic acid groups (broad SMARTS) is 1. The number of amides is 3. The predicted molar refractivity (Wildman–Crippen MR) is 194 cm³/mol. The lowest BCUT2D eigenvalue weighted by molar-refractivity contribution is -0.144. The van der Waals surface area contributed by atoms with Gasteiger partial charge in [0.25, 0.3) is 0 Å². The van der Waals surface area contributed by atoms with E-state index in [1.807, 2.05) is 83.8 Å². The van der Waals surface area contributed by atoms with E-state index in [1.54, 1.807) is 12.0 Å². The zero-order valence-corrected chi connectivity index (χ0v) is 29.7. The first kappa shape index (κ1) is 37.4. The van der Waals surface area contributed by atoms with Gasteiger partial charge >= 0.3 is 5.97 Å². The van der Waals surface area contributed by atoms with Crippen LogP contribution in [0.1, 0.15) is 69.1 Å². The molecule has 1 heterocycles. The van der Waals surface area contributed by atoms with Crippen LogP contribution in [-0.4, -0.2) is 76.9 Å². The quantitative estimate of drug-likeness (QED) is 0.182. The van der Waals surface area contributed by atoms with Gasteiger partial charge in [0.05, 0.1) is 18.6 Å². The van der Waals surface area contributed by atoms with Crippen molar-refractivity contribution in [1.82, 2.24) is 15.5 Å². The van der Waals surface area contributed by atoms with Crippen molar-refractivity contribution >= 4 is 29.4 Å².